The molecule has 180 valence electrons. The van der Waals surface area contributed by atoms with Crippen molar-refractivity contribution in [2.75, 3.05) is 0 Å². The second-order valence-electron chi connectivity index (χ2n) is 10.0. The molecular formula is C34H23N3S. The van der Waals surface area contributed by atoms with Crippen LogP contribution in [0.5, 0.6) is 0 Å². The number of thiophene rings is 1. The van der Waals surface area contributed by atoms with E-state index in [1.165, 1.54) is 47.6 Å². The molecule has 38 heavy (non-hydrogen) atoms. The standard InChI is InChI=1S/C34H23N3S/c1-20-12-15-28-25(18-20)23-14-17-30-31(26-19-21(2)13-16-29(26)38-30)33(23)37(28)34-35-27-11-7-6-10-24(27)32(36-34)22-8-4-3-5-9-22/h3-19H,1-2H3. The van der Waals surface area contributed by atoms with Crippen LogP contribution < -0.4 is 0 Å². The van der Waals surface area contributed by atoms with E-state index in [2.05, 4.69) is 115 Å². The summed E-state index contributed by atoms with van der Waals surface area (Å²) in [6.45, 7) is 4.32. The fourth-order valence-corrected chi connectivity index (χ4v) is 6.87. The number of aryl methyl sites for hydroxylation is 2. The second kappa shape index (κ2) is 7.98. The molecule has 0 aliphatic rings. The Morgan fingerprint density at radius 3 is 2.21 bits per heavy atom. The van der Waals surface area contributed by atoms with Gasteiger partial charge in [-0.05, 0) is 50.2 Å². The Balaban J connectivity index is 1.59. The molecular weight excluding hydrogens is 482 g/mol. The molecule has 0 N–H and O–H groups in total. The predicted octanol–water partition coefficient (Wildman–Crippen LogP) is 9.38. The van der Waals surface area contributed by atoms with E-state index in [9.17, 15) is 0 Å². The molecule has 0 amide bonds. The molecule has 0 aliphatic carbocycles. The van der Waals surface area contributed by atoms with Crippen LogP contribution in [0.3, 0.4) is 0 Å². The minimum Gasteiger partial charge on any atom is -0.277 e. The third-order valence-corrected chi connectivity index (χ3v) is 8.65. The van der Waals surface area contributed by atoms with Gasteiger partial charge in [-0.1, -0.05) is 77.9 Å². The summed E-state index contributed by atoms with van der Waals surface area (Å²) in [6.07, 6.45) is 0. The minimum atomic E-state index is 0.700. The molecule has 5 aromatic carbocycles. The van der Waals surface area contributed by atoms with Crippen molar-refractivity contribution >= 4 is 64.2 Å². The highest BCUT2D eigenvalue weighted by molar-refractivity contribution is 7.26. The fraction of sp³-hybridized carbons (Fsp3) is 0.0588. The van der Waals surface area contributed by atoms with Crippen molar-refractivity contribution in [3.05, 3.63) is 114 Å². The van der Waals surface area contributed by atoms with Gasteiger partial charge in [-0.15, -0.1) is 11.3 Å². The highest BCUT2D eigenvalue weighted by Crippen LogP contribution is 2.43. The summed E-state index contributed by atoms with van der Waals surface area (Å²) in [5.41, 5.74) is 7.79. The van der Waals surface area contributed by atoms with Gasteiger partial charge < -0.3 is 0 Å². The van der Waals surface area contributed by atoms with Gasteiger partial charge in [0, 0.05) is 41.9 Å². The lowest BCUT2D eigenvalue weighted by Crippen LogP contribution is -2.03. The topological polar surface area (TPSA) is 30.7 Å². The van der Waals surface area contributed by atoms with Crippen molar-refractivity contribution in [3.63, 3.8) is 0 Å². The van der Waals surface area contributed by atoms with Crippen molar-refractivity contribution < 1.29 is 0 Å². The van der Waals surface area contributed by atoms with Crippen LogP contribution in [-0.4, -0.2) is 14.5 Å². The summed E-state index contributed by atoms with van der Waals surface area (Å²) in [6, 6.07) is 36.8. The van der Waals surface area contributed by atoms with Crippen LogP contribution in [0.25, 0.3) is 70.1 Å². The van der Waals surface area contributed by atoms with Crippen LogP contribution in [0.4, 0.5) is 0 Å². The van der Waals surface area contributed by atoms with Crippen molar-refractivity contribution in [2.45, 2.75) is 13.8 Å². The normalized spacial score (nSPS) is 11.9. The van der Waals surface area contributed by atoms with E-state index >= 15 is 0 Å². The third kappa shape index (κ3) is 3.07. The summed E-state index contributed by atoms with van der Waals surface area (Å²) in [5, 5.41) is 6.08. The van der Waals surface area contributed by atoms with Crippen LogP contribution in [0, 0.1) is 13.8 Å². The monoisotopic (exact) mass is 505 g/mol. The van der Waals surface area contributed by atoms with Gasteiger partial charge >= 0.3 is 0 Å². The molecule has 0 bridgehead atoms. The van der Waals surface area contributed by atoms with E-state index in [1.54, 1.807) is 0 Å². The molecule has 0 unspecified atom stereocenters. The number of rotatable bonds is 2. The molecule has 0 saturated carbocycles. The van der Waals surface area contributed by atoms with E-state index in [1.807, 2.05) is 17.4 Å². The number of nitrogens with zero attached hydrogens (tertiary/aromatic N) is 3. The molecule has 8 rings (SSSR count). The minimum absolute atomic E-state index is 0.700. The smallest absolute Gasteiger partial charge is 0.235 e. The van der Waals surface area contributed by atoms with Crippen molar-refractivity contribution in [3.8, 4) is 17.2 Å². The maximum Gasteiger partial charge on any atom is 0.235 e. The molecule has 4 heteroatoms. The van der Waals surface area contributed by atoms with Gasteiger partial charge in [0.15, 0.2) is 0 Å². The first-order valence-electron chi connectivity index (χ1n) is 12.8. The van der Waals surface area contributed by atoms with Gasteiger partial charge in [-0.25, -0.2) is 9.97 Å². The maximum absolute atomic E-state index is 5.28. The Morgan fingerprint density at radius 2 is 1.34 bits per heavy atom. The van der Waals surface area contributed by atoms with Crippen LogP contribution >= 0.6 is 11.3 Å². The average Bonchev–Trinajstić information content (AvgIpc) is 3.47. The molecule has 3 nitrogen and oxygen atoms in total. The zero-order valence-corrected chi connectivity index (χ0v) is 21.9. The number of benzene rings is 5. The molecule has 3 aromatic heterocycles. The second-order valence-corrected chi connectivity index (χ2v) is 11.1. The number of para-hydroxylation sites is 1. The molecule has 0 saturated heterocycles. The Kier molecular flexibility index (Phi) is 4.52. The number of aromatic nitrogens is 3. The molecule has 0 spiro atoms. The van der Waals surface area contributed by atoms with Crippen LogP contribution in [0.2, 0.25) is 0 Å². The first-order valence-corrected chi connectivity index (χ1v) is 13.7. The van der Waals surface area contributed by atoms with Crippen LogP contribution in [0.15, 0.2) is 103 Å². The summed E-state index contributed by atoms with van der Waals surface area (Å²) in [7, 11) is 0. The maximum atomic E-state index is 5.28. The van der Waals surface area contributed by atoms with Crippen molar-refractivity contribution in [1.82, 2.24) is 14.5 Å². The highest BCUT2D eigenvalue weighted by atomic mass is 32.1. The van der Waals surface area contributed by atoms with Gasteiger partial charge in [-0.3, -0.25) is 4.57 Å². The molecule has 0 atom stereocenters. The zero-order chi connectivity index (χ0) is 25.4. The quantitative estimate of drug-likeness (QED) is 0.234. The average molecular weight is 506 g/mol. The van der Waals surface area contributed by atoms with E-state index in [0.717, 1.165) is 27.7 Å². The summed E-state index contributed by atoms with van der Waals surface area (Å²) in [4.78, 5) is 10.5. The van der Waals surface area contributed by atoms with Crippen LogP contribution in [-0.2, 0) is 0 Å². The molecule has 3 heterocycles. The first kappa shape index (κ1) is 21.5. The molecule has 0 aliphatic heterocycles. The lowest BCUT2D eigenvalue weighted by atomic mass is 10.1. The SMILES string of the molecule is Cc1ccc2sc3ccc4c5cc(C)ccc5n(-c5nc(-c6ccccc6)c6ccccc6n5)c4c3c2c1. The fourth-order valence-electron chi connectivity index (χ4n) is 5.78. The largest absolute Gasteiger partial charge is 0.277 e. The van der Waals surface area contributed by atoms with Gasteiger partial charge in [0.05, 0.1) is 22.2 Å². The summed E-state index contributed by atoms with van der Waals surface area (Å²) in [5.74, 6) is 0.700. The van der Waals surface area contributed by atoms with Gasteiger partial charge in [-0.2, -0.15) is 0 Å². The Labute approximate surface area is 223 Å². The lowest BCUT2D eigenvalue weighted by molar-refractivity contribution is 1.02. The number of hydrogen-bond donors (Lipinski definition) is 0. The van der Waals surface area contributed by atoms with E-state index in [4.69, 9.17) is 9.97 Å². The molecule has 0 radical (unpaired) electrons. The van der Waals surface area contributed by atoms with Gasteiger partial charge in [0.2, 0.25) is 5.95 Å². The Hall–Kier alpha value is -4.54. The first-order chi connectivity index (χ1) is 18.7. The number of fused-ring (bicyclic) bond motifs is 8. The highest BCUT2D eigenvalue weighted by Gasteiger charge is 2.21. The van der Waals surface area contributed by atoms with Crippen molar-refractivity contribution in [1.29, 1.82) is 0 Å². The molecule has 8 aromatic rings. The van der Waals surface area contributed by atoms with Gasteiger partial charge in [0.25, 0.3) is 0 Å². The van der Waals surface area contributed by atoms with E-state index in [-0.39, 0.29) is 0 Å². The van der Waals surface area contributed by atoms with E-state index < -0.39 is 0 Å². The third-order valence-electron chi connectivity index (χ3n) is 7.51. The lowest BCUT2D eigenvalue weighted by Gasteiger charge is -2.12. The van der Waals surface area contributed by atoms with Crippen LogP contribution in [0.1, 0.15) is 11.1 Å². The predicted molar refractivity (Wildman–Crippen MR) is 162 cm³/mol. The Morgan fingerprint density at radius 1 is 0.605 bits per heavy atom. The zero-order valence-electron chi connectivity index (χ0n) is 21.1. The van der Waals surface area contributed by atoms with E-state index in [0.29, 0.717) is 5.95 Å². The summed E-state index contributed by atoms with van der Waals surface area (Å²) >= 11 is 1.85. The molecule has 0 fully saturated rings. The summed E-state index contributed by atoms with van der Waals surface area (Å²) < 4.78 is 4.87. The van der Waals surface area contributed by atoms with Gasteiger partial charge in [0.1, 0.15) is 0 Å². The Bertz CT molecular complexity index is 2200. The van der Waals surface area contributed by atoms with Crippen molar-refractivity contribution in [2.24, 2.45) is 0 Å². The number of hydrogen-bond acceptors (Lipinski definition) is 3.